The third kappa shape index (κ3) is 5.14. The SMILES string of the molecule is CCc1ccc(C(=O)[C@H](C)Sc2n[nH]c(COc3ccc(Cl)c(C)c3)n2)cc1. The Morgan fingerprint density at radius 3 is 2.68 bits per heavy atom. The number of aryl methyl sites for hydroxylation is 2. The fraction of sp³-hybridized carbons (Fsp3) is 0.286. The number of halogens is 1. The number of rotatable bonds is 8. The van der Waals surface area contributed by atoms with Crippen LogP contribution >= 0.6 is 23.4 Å². The second-order valence-electron chi connectivity index (χ2n) is 6.44. The lowest BCUT2D eigenvalue weighted by Gasteiger charge is -2.08. The predicted octanol–water partition coefficient (Wildman–Crippen LogP) is 5.27. The lowest BCUT2D eigenvalue weighted by molar-refractivity contribution is 0.0994. The molecule has 3 aromatic rings. The Morgan fingerprint density at radius 2 is 2.00 bits per heavy atom. The molecule has 0 aliphatic carbocycles. The summed E-state index contributed by atoms with van der Waals surface area (Å²) in [5.74, 6) is 1.38. The van der Waals surface area contributed by atoms with E-state index in [0.717, 1.165) is 12.0 Å². The highest BCUT2D eigenvalue weighted by Gasteiger charge is 2.19. The maximum atomic E-state index is 12.6. The summed E-state index contributed by atoms with van der Waals surface area (Å²) in [5.41, 5.74) is 2.87. The summed E-state index contributed by atoms with van der Waals surface area (Å²) in [6.07, 6.45) is 0.955. The maximum absolute atomic E-state index is 12.6. The van der Waals surface area contributed by atoms with Gasteiger partial charge in [0.1, 0.15) is 12.4 Å². The molecule has 2 aromatic carbocycles. The standard InChI is InChI=1S/C21H22ClN3O2S/c1-4-15-5-7-16(8-6-15)20(26)14(3)28-21-23-19(24-25-21)12-27-17-9-10-18(22)13(2)11-17/h5-11,14H,4,12H2,1-3H3,(H,23,24,25)/t14-/m0/s1. The Labute approximate surface area is 173 Å². The van der Waals surface area contributed by atoms with Gasteiger partial charge in [-0.15, -0.1) is 5.10 Å². The molecule has 1 heterocycles. The molecule has 1 aromatic heterocycles. The second-order valence-corrected chi connectivity index (χ2v) is 8.15. The van der Waals surface area contributed by atoms with Crippen molar-refractivity contribution in [1.82, 2.24) is 15.2 Å². The molecule has 0 unspecified atom stereocenters. The first kappa shape index (κ1) is 20.4. The van der Waals surface area contributed by atoms with Crippen molar-refractivity contribution in [2.75, 3.05) is 0 Å². The van der Waals surface area contributed by atoms with Crippen molar-refractivity contribution in [3.8, 4) is 5.75 Å². The summed E-state index contributed by atoms with van der Waals surface area (Å²) >= 11 is 7.35. The van der Waals surface area contributed by atoms with Crippen LogP contribution in [0.2, 0.25) is 5.02 Å². The first-order valence-electron chi connectivity index (χ1n) is 9.06. The molecule has 3 rings (SSSR count). The van der Waals surface area contributed by atoms with Crippen molar-refractivity contribution < 1.29 is 9.53 Å². The first-order valence-corrected chi connectivity index (χ1v) is 10.3. The number of hydrogen-bond acceptors (Lipinski definition) is 5. The lowest BCUT2D eigenvalue weighted by Crippen LogP contribution is -2.13. The summed E-state index contributed by atoms with van der Waals surface area (Å²) in [7, 11) is 0. The van der Waals surface area contributed by atoms with Crippen LogP contribution in [0.25, 0.3) is 0 Å². The molecule has 0 saturated carbocycles. The number of carbonyl (C=O) groups excluding carboxylic acids is 1. The molecule has 0 amide bonds. The number of H-pyrrole nitrogens is 1. The van der Waals surface area contributed by atoms with Crippen molar-refractivity contribution in [1.29, 1.82) is 0 Å². The third-order valence-corrected chi connectivity index (χ3v) is 5.70. The molecular formula is C21H22ClN3O2S. The second kappa shape index (κ2) is 9.26. The molecule has 0 aliphatic heterocycles. The highest BCUT2D eigenvalue weighted by atomic mass is 35.5. The van der Waals surface area contributed by atoms with Gasteiger partial charge in [-0.2, -0.15) is 0 Å². The molecule has 0 bridgehead atoms. The third-order valence-electron chi connectivity index (χ3n) is 4.31. The van der Waals surface area contributed by atoms with Gasteiger partial charge in [-0.3, -0.25) is 9.89 Å². The molecule has 28 heavy (non-hydrogen) atoms. The highest BCUT2D eigenvalue weighted by Crippen LogP contribution is 2.24. The van der Waals surface area contributed by atoms with Gasteiger partial charge >= 0.3 is 0 Å². The number of thioether (sulfide) groups is 1. The molecule has 0 saturated heterocycles. The molecule has 0 spiro atoms. The minimum Gasteiger partial charge on any atom is -0.486 e. The number of aromatic nitrogens is 3. The number of nitrogens with zero attached hydrogens (tertiary/aromatic N) is 2. The van der Waals surface area contributed by atoms with E-state index < -0.39 is 0 Å². The van der Waals surface area contributed by atoms with Crippen molar-refractivity contribution in [3.63, 3.8) is 0 Å². The van der Waals surface area contributed by atoms with Gasteiger partial charge in [0.25, 0.3) is 0 Å². The maximum Gasteiger partial charge on any atom is 0.209 e. The number of Topliss-reactive ketones (excluding diaryl/α,β-unsaturated/α-hetero) is 1. The van der Waals surface area contributed by atoms with Crippen LogP contribution in [0.1, 0.15) is 41.2 Å². The van der Waals surface area contributed by atoms with Crippen molar-refractivity contribution in [2.45, 2.75) is 44.2 Å². The van der Waals surface area contributed by atoms with E-state index in [2.05, 4.69) is 22.1 Å². The fourth-order valence-electron chi connectivity index (χ4n) is 2.60. The van der Waals surface area contributed by atoms with Gasteiger partial charge in [-0.1, -0.05) is 54.6 Å². The molecule has 0 fully saturated rings. The molecule has 7 heteroatoms. The van der Waals surface area contributed by atoms with Gasteiger partial charge in [0.15, 0.2) is 11.6 Å². The average molecular weight is 416 g/mol. The van der Waals surface area contributed by atoms with Crippen LogP contribution in [0.15, 0.2) is 47.6 Å². The number of carbonyl (C=O) groups is 1. The summed E-state index contributed by atoms with van der Waals surface area (Å²) in [4.78, 5) is 17.0. The molecule has 0 aliphatic rings. The van der Waals surface area contributed by atoms with E-state index in [0.29, 0.717) is 27.3 Å². The van der Waals surface area contributed by atoms with Crippen LogP contribution in [0, 0.1) is 6.92 Å². The van der Waals surface area contributed by atoms with Gasteiger partial charge in [-0.25, -0.2) is 4.98 Å². The van der Waals surface area contributed by atoms with Crippen LogP contribution in [-0.4, -0.2) is 26.2 Å². The minimum absolute atomic E-state index is 0.0619. The van der Waals surface area contributed by atoms with E-state index in [9.17, 15) is 4.79 Å². The van der Waals surface area contributed by atoms with Crippen LogP contribution in [0.5, 0.6) is 5.75 Å². The molecule has 5 nitrogen and oxygen atoms in total. The zero-order valence-electron chi connectivity index (χ0n) is 16.0. The van der Waals surface area contributed by atoms with Gasteiger partial charge < -0.3 is 4.74 Å². The molecule has 1 N–H and O–H groups in total. The summed E-state index contributed by atoms with van der Waals surface area (Å²) in [5, 5.41) is 7.98. The van der Waals surface area contributed by atoms with E-state index in [1.54, 1.807) is 6.07 Å². The van der Waals surface area contributed by atoms with Crippen LogP contribution < -0.4 is 4.74 Å². The summed E-state index contributed by atoms with van der Waals surface area (Å²) < 4.78 is 5.72. The average Bonchev–Trinajstić information content (AvgIpc) is 3.15. The largest absolute Gasteiger partial charge is 0.486 e. The zero-order valence-corrected chi connectivity index (χ0v) is 17.6. The van der Waals surface area contributed by atoms with E-state index in [-0.39, 0.29) is 17.6 Å². The lowest BCUT2D eigenvalue weighted by atomic mass is 10.1. The highest BCUT2D eigenvalue weighted by molar-refractivity contribution is 8.00. The number of nitrogens with one attached hydrogen (secondary N) is 1. The van der Waals surface area contributed by atoms with E-state index in [4.69, 9.17) is 16.3 Å². The van der Waals surface area contributed by atoms with Crippen LogP contribution in [0.3, 0.4) is 0 Å². The van der Waals surface area contributed by atoms with Gasteiger partial charge in [0.2, 0.25) is 5.16 Å². The number of benzene rings is 2. The Morgan fingerprint density at radius 1 is 1.25 bits per heavy atom. The summed E-state index contributed by atoms with van der Waals surface area (Å²) in [6.45, 7) is 6.14. The minimum atomic E-state index is -0.282. The van der Waals surface area contributed by atoms with Gasteiger partial charge in [0, 0.05) is 10.6 Å². The number of hydrogen-bond donors (Lipinski definition) is 1. The Balaban J connectivity index is 1.57. The topological polar surface area (TPSA) is 67.9 Å². The molecular weight excluding hydrogens is 394 g/mol. The van der Waals surface area contributed by atoms with Gasteiger partial charge in [-0.05, 0) is 49.6 Å². The quantitative estimate of drug-likeness (QED) is 0.401. The fourth-order valence-corrected chi connectivity index (χ4v) is 3.54. The van der Waals surface area contributed by atoms with Crippen molar-refractivity contribution in [2.24, 2.45) is 0 Å². The number of ether oxygens (including phenoxy) is 1. The van der Waals surface area contributed by atoms with E-state index in [1.165, 1.54) is 17.3 Å². The van der Waals surface area contributed by atoms with Crippen LogP contribution in [-0.2, 0) is 13.0 Å². The Kier molecular flexibility index (Phi) is 6.75. The van der Waals surface area contributed by atoms with Gasteiger partial charge in [0.05, 0.1) is 5.25 Å². The monoisotopic (exact) mass is 415 g/mol. The van der Waals surface area contributed by atoms with E-state index >= 15 is 0 Å². The Hall–Kier alpha value is -2.31. The molecule has 146 valence electrons. The van der Waals surface area contributed by atoms with E-state index in [1.807, 2.05) is 50.2 Å². The van der Waals surface area contributed by atoms with Crippen molar-refractivity contribution in [3.05, 3.63) is 70.0 Å². The zero-order chi connectivity index (χ0) is 20.1. The predicted molar refractivity (Wildman–Crippen MR) is 112 cm³/mol. The number of aromatic amines is 1. The number of ketones is 1. The summed E-state index contributed by atoms with van der Waals surface area (Å²) in [6, 6.07) is 13.2. The van der Waals surface area contributed by atoms with Crippen molar-refractivity contribution >= 4 is 29.1 Å². The first-order chi connectivity index (χ1) is 13.5. The smallest absolute Gasteiger partial charge is 0.209 e. The molecule has 1 atom stereocenters. The van der Waals surface area contributed by atoms with Crippen LogP contribution in [0.4, 0.5) is 0 Å². The Bertz CT molecular complexity index is 957. The molecule has 0 radical (unpaired) electrons. The normalized spacial score (nSPS) is 12.0.